The Morgan fingerprint density at radius 2 is 1.96 bits per heavy atom. The van der Waals surface area contributed by atoms with Crippen LogP contribution < -0.4 is 5.56 Å². The minimum absolute atomic E-state index is 0.135. The van der Waals surface area contributed by atoms with Gasteiger partial charge in [0, 0.05) is 5.02 Å². The zero-order chi connectivity index (χ0) is 18.9. The SMILES string of the molecule is N#C/C(=C\c1ccccc1C(F)(F)F)c1nc2cc(Cl)ccc2c(=O)[nH]1. The van der Waals surface area contributed by atoms with Gasteiger partial charge in [0.05, 0.1) is 22.0 Å². The third kappa shape index (κ3) is 3.46. The summed E-state index contributed by atoms with van der Waals surface area (Å²) in [6.07, 6.45) is -3.54. The van der Waals surface area contributed by atoms with Crippen molar-refractivity contribution in [1.29, 1.82) is 5.26 Å². The third-order valence-corrected chi connectivity index (χ3v) is 3.85. The summed E-state index contributed by atoms with van der Waals surface area (Å²) in [5.41, 5.74) is -1.58. The van der Waals surface area contributed by atoms with Crippen molar-refractivity contribution in [3.63, 3.8) is 0 Å². The summed E-state index contributed by atoms with van der Waals surface area (Å²) in [7, 11) is 0. The van der Waals surface area contributed by atoms with E-state index in [1.54, 1.807) is 6.07 Å². The molecule has 0 aliphatic heterocycles. The number of nitrogens with one attached hydrogen (secondary N) is 1. The molecule has 0 aliphatic carbocycles. The van der Waals surface area contributed by atoms with Gasteiger partial charge in [0.1, 0.15) is 6.07 Å². The number of nitrogens with zero attached hydrogens (tertiary/aromatic N) is 2. The monoisotopic (exact) mass is 375 g/mol. The molecule has 0 unspecified atom stereocenters. The number of alkyl halides is 3. The Hall–Kier alpha value is -3.11. The topological polar surface area (TPSA) is 69.5 Å². The van der Waals surface area contributed by atoms with Gasteiger partial charge in [0.15, 0.2) is 5.82 Å². The zero-order valence-corrected chi connectivity index (χ0v) is 13.7. The fraction of sp³-hybridized carbons (Fsp3) is 0.0556. The molecule has 130 valence electrons. The zero-order valence-electron chi connectivity index (χ0n) is 12.9. The van der Waals surface area contributed by atoms with Crippen LogP contribution in [0.4, 0.5) is 13.2 Å². The van der Waals surface area contributed by atoms with Gasteiger partial charge < -0.3 is 4.98 Å². The average Bonchev–Trinajstić information content (AvgIpc) is 2.58. The summed E-state index contributed by atoms with van der Waals surface area (Å²) in [6, 6.07) is 11.0. The van der Waals surface area contributed by atoms with Gasteiger partial charge in [-0.05, 0) is 35.9 Å². The molecule has 1 heterocycles. The van der Waals surface area contributed by atoms with Crippen molar-refractivity contribution in [3.8, 4) is 6.07 Å². The highest BCUT2D eigenvalue weighted by Gasteiger charge is 2.32. The van der Waals surface area contributed by atoms with Gasteiger partial charge in [0.25, 0.3) is 5.56 Å². The summed E-state index contributed by atoms with van der Waals surface area (Å²) in [5.74, 6) is -0.135. The highest BCUT2D eigenvalue weighted by Crippen LogP contribution is 2.33. The van der Waals surface area contributed by atoms with Crippen LogP contribution in [0.3, 0.4) is 0 Å². The van der Waals surface area contributed by atoms with Crippen LogP contribution in [-0.2, 0) is 6.18 Å². The van der Waals surface area contributed by atoms with Crippen LogP contribution in [0.5, 0.6) is 0 Å². The third-order valence-electron chi connectivity index (χ3n) is 3.61. The van der Waals surface area contributed by atoms with Crippen LogP contribution >= 0.6 is 11.6 Å². The van der Waals surface area contributed by atoms with Crippen LogP contribution in [0.25, 0.3) is 22.6 Å². The number of rotatable bonds is 2. The van der Waals surface area contributed by atoms with Crippen molar-refractivity contribution in [2.75, 3.05) is 0 Å². The number of aromatic nitrogens is 2. The van der Waals surface area contributed by atoms with E-state index in [1.165, 1.54) is 36.4 Å². The first-order valence-electron chi connectivity index (χ1n) is 7.27. The van der Waals surface area contributed by atoms with E-state index < -0.39 is 17.3 Å². The summed E-state index contributed by atoms with van der Waals surface area (Å²) in [4.78, 5) is 18.7. The molecule has 1 aromatic heterocycles. The molecule has 0 aliphatic rings. The van der Waals surface area contributed by atoms with Crippen molar-refractivity contribution in [3.05, 3.63) is 74.8 Å². The van der Waals surface area contributed by atoms with Crippen LogP contribution in [0.1, 0.15) is 17.0 Å². The number of fused-ring (bicyclic) bond motifs is 1. The fourth-order valence-corrected chi connectivity index (χ4v) is 2.60. The lowest BCUT2D eigenvalue weighted by molar-refractivity contribution is -0.137. The molecule has 3 rings (SSSR count). The van der Waals surface area contributed by atoms with Gasteiger partial charge >= 0.3 is 6.18 Å². The molecule has 1 N–H and O–H groups in total. The van der Waals surface area contributed by atoms with Crippen molar-refractivity contribution >= 4 is 34.2 Å². The highest BCUT2D eigenvalue weighted by molar-refractivity contribution is 6.31. The molecule has 0 bridgehead atoms. The first-order valence-corrected chi connectivity index (χ1v) is 7.65. The van der Waals surface area contributed by atoms with Crippen molar-refractivity contribution in [1.82, 2.24) is 9.97 Å². The Kier molecular flexibility index (Phi) is 4.53. The minimum atomic E-state index is -4.58. The Labute approximate surface area is 150 Å². The van der Waals surface area contributed by atoms with E-state index in [0.717, 1.165) is 12.1 Å². The Morgan fingerprint density at radius 3 is 2.65 bits per heavy atom. The van der Waals surface area contributed by atoms with E-state index >= 15 is 0 Å². The Morgan fingerprint density at radius 1 is 1.23 bits per heavy atom. The van der Waals surface area contributed by atoms with Gasteiger partial charge in [0.2, 0.25) is 0 Å². The molecule has 8 heteroatoms. The molecule has 0 spiro atoms. The largest absolute Gasteiger partial charge is 0.416 e. The van der Waals surface area contributed by atoms with E-state index in [9.17, 15) is 23.2 Å². The molecule has 0 saturated carbocycles. The number of halogens is 4. The van der Waals surface area contributed by atoms with E-state index in [1.807, 2.05) is 0 Å². The Bertz CT molecular complexity index is 1130. The van der Waals surface area contributed by atoms with Crippen LogP contribution in [-0.4, -0.2) is 9.97 Å². The van der Waals surface area contributed by atoms with E-state index in [2.05, 4.69) is 9.97 Å². The molecular formula is C18H9ClF3N3O. The second-order valence-electron chi connectivity index (χ2n) is 5.33. The van der Waals surface area contributed by atoms with E-state index in [-0.39, 0.29) is 27.9 Å². The average molecular weight is 376 g/mol. The van der Waals surface area contributed by atoms with E-state index in [4.69, 9.17) is 11.6 Å². The quantitative estimate of drug-likeness (QED) is 0.662. The normalized spacial score (nSPS) is 12.2. The standard InChI is InChI=1S/C18H9ClF3N3O/c19-12-5-6-13-15(8-12)24-16(25-17(13)26)11(9-23)7-10-3-1-2-4-14(10)18(20,21)22/h1-8H,(H,24,25,26)/b11-7+. The molecule has 0 saturated heterocycles. The van der Waals surface area contributed by atoms with Crippen LogP contribution in [0, 0.1) is 11.3 Å². The summed E-state index contributed by atoms with van der Waals surface area (Å²) in [5, 5.41) is 9.96. The second kappa shape index (κ2) is 6.65. The maximum absolute atomic E-state index is 13.1. The lowest BCUT2D eigenvalue weighted by Gasteiger charge is -2.10. The van der Waals surface area contributed by atoms with Gasteiger partial charge in [-0.3, -0.25) is 4.79 Å². The summed E-state index contributed by atoms with van der Waals surface area (Å²) < 4.78 is 39.4. The van der Waals surface area contributed by atoms with Crippen molar-refractivity contribution < 1.29 is 13.2 Å². The van der Waals surface area contributed by atoms with Gasteiger partial charge in [-0.1, -0.05) is 29.8 Å². The number of benzene rings is 2. The van der Waals surface area contributed by atoms with Gasteiger partial charge in [-0.15, -0.1) is 0 Å². The van der Waals surface area contributed by atoms with Crippen molar-refractivity contribution in [2.45, 2.75) is 6.18 Å². The van der Waals surface area contributed by atoms with Crippen LogP contribution in [0.15, 0.2) is 47.3 Å². The molecule has 2 aromatic carbocycles. The number of nitriles is 1. The van der Waals surface area contributed by atoms with Gasteiger partial charge in [-0.2, -0.15) is 18.4 Å². The minimum Gasteiger partial charge on any atom is -0.305 e. The van der Waals surface area contributed by atoms with Crippen molar-refractivity contribution in [2.24, 2.45) is 0 Å². The lowest BCUT2D eigenvalue weighted by Crippen LogP contribution is -2.11. The summed E-state index contributed by atoms with van der Waals surface area (Å²) >= 11 is 5.88. The number of H-pyrrole nitrogens is 1. The maximum atomic E-state index is 13.1. The molecule has 4 nitrogen and oxygen atoms in total. The molecule has 0 atom stereocenters. The Balaban J connectivity index is 2.20. The first-order chi connectivity index (χ1) is 12.3. The highest BCUT2D eigenvalue weighted by atomic mass is 35.5. The molecule has 0 fully saturated rings. The first kappa shape index (κ1) is 17.7. The predicted molar refractivity (Wildman–Crippen MR) is 92.3 cm³/mol. The number of hydrogen-bond donors (Lipinski definition) is 1. The second-order valence-corrected chi connectivity index (χ2v) is 5.77. The maximum Gasteiger partial charge on any atom is 0.416 e. The molecule has 0 radical (unpaired) electrons. The number of allylic oxidation sites excluding steroid dienone is 1. The molecule has 3 aromatic rings. The smallest absolute Gasteiger partial charge is 0.305 e. The molecule has 26 heavy (non-hydrogen) atoms. The lowest BCUT2D eigenvalue weighted by atomic mass is 10.0. The van der Waals surface area contributed by atoms with E-state index in [0.29, 0.717) is 5.02 Å². The fourth-order valence-electron chi connectivity index (χ4n) is 2.43. The predicted octanol–water partition coefficient (Wildman–Crippen LogP) is 4.66. The van der Waals surface area contributed by atoms with Crippen LogP contribution in [0.2, 0.25) is 5.02 Å². The number of aromatic amines is 1. The summed E-state index contributed by atoms with van der Waals surface area (Å²) in [6.45, 7) is 0. The van der Waals surface area contributed by atoms with Gasteiger partial charge in [-0.25, -0.2) is 4.98 Å². The number of hydrogen-bond acceptors (Lipinski definition) is 3. The molecule has 0 amide bonds. The molecular weight excluding hydrogens is 367 g/mol.